The molecular formula is C8H7NO4. The van der Waals surface area contributed by atoms with Gasteiger partial charge in [0.05, 0.1) is 12.7 Å². The van der Waals surface area contributed by atoms with Crippen LogP contribution in [0.3, 0.4) is 0 Å². The van der Waals surface area contributed by atoms with Crippen LogP contribution >= 0.6 is 0 Å². The summed E-state index contributed by atoms with van der Waals surface area (Å²) in [6, 6.07) is 1.65. The van der Waals surface area contributed by atoms with Crippen LogP contribution in [0.25, 0.3) is 11.2 Å². The number of carboxylic acids is 1. The molecule has 0 atom stereocenters. The Kier molecular flexibility index (Phi) is 1.77. The van der Waals surface area contributed by atoms with E-state index in [1.807, 2.05) is 0 Å². The van der Waals surface area contributed by atoms with Crippen molar-refractivity contribution >= 4 is 17.1 Å². The molecule has 0 aromatic carbocycles. The highest BCUT2D eigenvalue weighted by Gasteiger charge is 2.11. The van der Waals surface area contributed by atoms with Gasteiger partial charge in [-0.15, -0.1) is 0 Å². The quantitative estimate of drug-likeness (QED) is 0.775. The summed E-state index contributed by atoms with van der Waals surface area (Å²) in [5, 5.41) is 12.1. The first-order valence-corrected chi connectivity index (χ1v) is 3.81. The number of fused-ring (bicyclic) bond motifs is 1. The van der Waals surface area contributed by atoms with Crippen LogP contribution < -0.4 is 0 Å². The smallest absolute Gasteiger partial charge is 0.303 e. The van der Waals surface area contributed by atoms with Crippen LogP contribution in [0.5, 0.6) is 0 Å². The van der Waals surface area contributed by atoms with Crippen LogP contribution in [0.1, 0.15) is 12.1 Å². The average Bonchev–Trinajstić information content (AvgIpc) is 2.60. The Morgan fingerprint density at radius 3 is 3.23 bits per heavy atom. The number of carboxylic acid groups (broad SMARTS) is 1. The molecule has 0 amide bonds. The van der Waals surface area contributed by atoms with Gasteiger partial charge in [-0.2, -0.15) is 0 Å². The summed E-state index contributed by atoms with van der Waals surface area (Å²) in [5.74, 6) is -0.859. The summed E-state index contributed by atoms with van der Waals surface area (Å²) in [6.07, 6.45) is 1.85. The van der Waals surface area contributed by atoms with Gasteiger partial charge in [0.2, 0.25) is 5.58 Å². The van der Waals surface area contributed by atoms with Crippen molar-refractivity contribution in [2.45, 2.75) is 12.8 Å². The standard InChI is InChI=1S/C8H7NO4/c10-7(11)2-1-5-8-6(13-9-5)3-4-12-8/h3-4H,1-2H2,(H,10,11). The average molecular weight is 181 g/mol. The monoisotopic (exact) mass is 181 g/mol. The Hall–Kier alpha value is -1.78. The van der Waals surface area contributed by atoms with Crippen molar-refractivity contribution < 1.29 is 18.8 Å². The summed E-state index contributed by atoms with van der Waals surface area (Å²) in [5.41, 5.74) is 1.66. The third-order valence-corrected chi connectivity index (χ3v) is 1.72. The number of aryl methyl sites for hydroxylation is 1. The van der Waals surface area contributed by atoms with Gasteiger partial charge < -0.3 is 14.0 Å². The molecule has 0 spiro atoms. The van der Waals surface area contributed by atoms with Crippen LogP contribution in [0.15, 0.2) is 21.3 Å². The molecule has 68 valence electrons. The van der Waals surface area contributed by atoms with E-state index in [1.54, 1.807) is 6.07 Å². The molecule has 2 heterocycles. The van der Waals surface area contributed by atoms with Gasteiger partial charge in [0.1, 0.15) is 5.69 Å². The minimum atomic E-state index is -0.859. The number of aliphatic carboxylic acids is 1. The van der Waals surface area contributed by atoms with Crippen LogP contribution in [-0.4, -0.2) is 16.2 Å². The van der Waals surface area contributed by atoms with E-state index >= 15 is 0 Å². The van der Waals surface area contributed by atoms with Crippen LogP contribution in [0.4, 0.5) is 0 Å². The number of carbonyl (C=O) groups is 1. The zero-order chi connectivity index (χ0) is 9.26. The molecule has 2 aromatic heterocycles. The summed E-state index contributed by atoms with van der Waals surface area (Å²) < 4.78 is 9.96. The van der Waals surface area contributed by atoms with Gasteiger partial charge in [-0.05, 0) is 0 Å². The Morgan fingerprint density at radius 1 is 1.62 bits per heavy atom. The molecule has 2 aromatic rings. The molecule has 0 fully saturated rings. The first-order valence-electron chi connectivity index (χ1n) is 3.81. The second-order valence-corrected chi connectivity index (χ2v) is 2.64. The van der Waals surface area contributed by atoms with Gasteiger partial charge in [-0.1, -0.05) is 5.16 Å². The van der Waals surface area contributed by atoms with E-state index in [1.165, 1.54) is 6.26 Å². The highest BCUT2D eigenvalue weighted by atomic mass is 16.5. The molecule has 0 bridgehead atoms. The highest BCUT2D eigenvalue weighted by Crippen LogP contribution is 2.19. The number of hydrogen-bond acceptors (Lipinski definition) is 4. The Morgan fingerprint density at radius 2 is 2.46 bits per heavy atom. The first-order chi connectivity index (χ1) is 6.27. The van der Waals surface area contributed by atoms with Crippen molar-refractivity contribution in [2.24, 2.45) is 0 Å². The summed E-state index contributed by atoms with van der Waals surface area (Å²) in [7, 11) is 0. The second kappa shape index (κ2) is 2.93. The van der Waals surface area contributed by atoms with Gasteiger partial charge in [0, 0.05) is 12.5 Å². The number of rotatable bonds is 3. The maximum Gasteiger partial charge on any atom is 0.303 e. The fourth-order valence-electron chi connectivity index (χ4n) is 1.11. The zero-order valence-electron chi connectivity index (χ0n) is 6.69. The van der Waals surface area contributed by atoms with Gasteiger partial charge in [-0.25, -0.2) is 0 Å². The minimum absolute atomic E-state index is 0.0301. The summed E-state index contributed by atoms with van der Waals surface area (Å²) in [4.78, 5) is 10.3. The molecule has 2 rings (SSSR count). The largest absolute Gasteiger partial charge is 0.481 e. The van der Waals surface area contributed by atoms with E-state index in [0.717, 1.165) is 0 Å². The van der Waals surface area contributed by atoms with Crippen molar-refractivity contribution in [2.75, 3.05) is 0 Å². The summed E-state index contributed by atoms with van der Waals surface area (Å²) >= 11 is 0. The molecule has 0 radical (unpaired) electrons. The predicted octanol–water partition coefficient (Wildman–Crippen LogP) is 1.44. The molecule has 1 N–H and O–H groups in total. The van der Waals surface area contributed by atoms with Gasteiger partial charge in [0.15, 0.2) is 5.58 Å². The van der Waals surface area contributed by atoms with Crippen molar-refractivity contribution in [3.05, 3.63) is 18.0 Å². The van der Waals surface area contributed by atoms with Crippen LogP contribution in [0.2, 0.25) is 0 Å². The molecule has 0 aliphatic rings. The maximum atomic E-state index is 10.3. The van der Waals surface area contributed by atoms with E-state index in [4.69, 9.17) is 14.0 Å². The lowest BCUT2D eigenvalue weighted by molar-refractivity contribution is -0.136. The lowest BCUT2D eigenvalue weighted by atomic mass is 10.2. The number of furan rings is 1. The zero-order valence-corrected chi connectivity index (χ0v) is 6.69. The molecule has 0 aliphatic carbocycles. The lowest BCUT2D eigenvalue weighted by Gasteiger charge is -1.88. The first kappa shape index (κ1) is 7.85. The molecule has 0 unspecified atom stereocenters. The van der Waals surface area contributed by atoms with E-state index in [-0.39, 0.29) is 6.42 Å². The van der Waals surface area contributed by atoms with E-state index in [0.29, 0.717) is 23.3 Å². The van der Waals surface area contributed by atoms with Crippen molar-refractivity contribution in [3.8, 4) is 0 Å². The third kappa shape index (κ3) is 1.40. The van der Waals surface area contributed by atoms with E-state index < -0.39 is 5.97 Å². The SMILES string of the molecule is O=C(O)CCc1noc2ccoc12. The van der Waals surface area contributed by atoms with Gasteiger partial charge >= 0.3 is 5.97 Å². The Bertz CT molecular complexity index is 428. The molecule has 13 heavy (non-hydrogen) atoms. The molecule has 5 nitrogen and oxygen atoms in total. The molecular weight excluding hydrogens is 174 g/mol. The van der Waals surface area contributed by atoms with Crippen LogP contribution in [0, 0.1) is 0 Å². The fraction of sp³-hybridized carbons (Fsp3) is 0.250. The lowest BCUT2D eigenvalue weighted by Crippen LogP contribution is -1.97. The summed E-state index contributed by atoms with van der Waals surface area (Å²) in [6.45, 7) is 0. The third-order valence-electron chi connectivity index (χ3n) is 1.72. The molecule has 5 heteroatoms. The van der Waals surface area contributed by atoms with E-state index in [2.05, 4.69) is 5.16 Å². The fourth-order valence-corrected chi connectivity index (χ4v) is 1.11. The van der Waals surface area contributed by atoms with E-state index in [9.17, 15) is 4.79 Å². The van der Waals surface area contributed by atoms with Crippen molar-refractivity contribution in [1.29, 1.82) is 0 Å². The van der Waals surface area contributed by atoms with Gasteiger partial charge in [0.25, 0.3) is 0 Å². The Labute approximate surface area is 72.9 Å². The minimum Gasteiger partial charge on any atom is -0.481 e. The van der Waals surface area contributed by atoms with Crippen LogP contribution in [-0.2, 0) is 11.2 Å². The van der Waals surface area contributed by atoms with Crippen molar-refractivity contribution in [1.82, 2.24) is 5.16 Å². The molecule has 0 saturated carbocycles. The normalized spacial score (nSPS) is 10.8. The Balaban J connectivity index is 2.23. The predicted molar refractivity (Wildman–Crippen MR) is 42.2 cm³/mol. The number of nitrogens with zero attached hydrogens (tertiary/aromatic N) is 1. The van der Waals surface area contributed by atoms with Crippen molar-refractivity contribution in [3.63, 3.8) is 0 Å². The number of hydrogen-bond donors (Lipinski definition) is 1. The molecule has 0 aliphatic heterocycles. The van der Waals surface area contributed by atoms with Gasteiger partial charge in [-0.3, -0.25) is 4.79 Å². The highest BCUT2D eigenvalue weighted by molar-refractivity contribution is 5.73. The number of aromatic nitrogens is 1. The molecule has 0 saturated heterocycles. The second-order valence-electron chi connectivity index (χ2n) is 2.64. The maximum absolute atomic E-state index is 10.3. The topological polar surface area (TPSA) is 76.5 Å².